The minimum Gasteiger partial charge on any atom is -0.489 e. The molecule has 0 spiro atoms. The first kappa shape index (κ1) is 22.1. The van der Waals surface area contributed by atoms with Crippen molar-refractivity contribution >= 4 is 0 Å². The maximum Gasteiger partial charge on any atom is 0.123 e. The summed E-state index contributed by atoms with van der Waals surface area (Å²) < 4.78 is 6.31. The second kappa shape index (κ2) is 11.0. The minimum absolute atomic E-state index is 0.304. The third-order valence-electron chi connectivity index (χ3n) is 5.74. The van der Waals surface area contributed by atoms with E-state index in [2.05, 4.69) is 111 Å². The van der Waals surface area contributed by atoms with E-state index in [0.29, 0.717) is 24.6 Å². The number of benzene rings is 3. The Bertz CT molecular complexity index is 865. The molecule has 0 saturated heterocycles. The summed E-state index contributed by atoms with van der Waals surface area (Å²) in [6.07, 6.45) is 1.06. The highest BCUT2D eigenvalue weighted by Crippen LogP contribution is 2.35. The van der Waals surface area contributed by atoms with Gasteiger partial charge >= 0.3 is 0 Å². The Morgan fingerprint density at radius 2 is 1.27 bits per heavy atom. The molecule has 0 bridgehead atoms. The second-order valence-corrected chi connectivity index (χ2v) is 8.49. The summed E-state index contributed by atoms with van der Waals surface area (Å²) in [5, 5.41) is 0. The average molecular weight is 402 g/mol. The molecular formula is C28H35NO. The number of hydrogen-bond donors (Lipinski definition) is 0. The molecule has 2 heteroatoms. The largest absolute Gasteiger partial charge is 0.489 e. The van der Waals surface area contributed by atoms with Crippen molar-refractivity contribution in [2.24, 2.45) is 0 Å². The molecule has 3 rings (SSSR count). The SMILES string of the molecule is CC(C)N(CC[C@H](c1ccccc1)c1ccccc1OCc1ccccc1)C(C)C. The Hall–Kier alpha value is -2.58. The lowest BCUT2D eigenvalue weighted by Gasteiger charge is -2.32. The van der Waals surface area contributed by atoms with Gasteiger partial charge in [-0.3, -0.25) is 4.90 Å². The van der Waals surface area contributed by atoms with E-state index in [-0.39, 0.29) is 0 Å². The highest BCUT2D eigenvalue weighted by atomic mass is 16.5. The van der Waals surface area contributed by atoms with E-state index < -0.39 is 0 Å². The van der Waals surface area contributed by atoms with Gasteiger partial charge in [-0.15, -0.1) is 0 Å². The van der Waals surface area contributed by atoms with Crippen LogP contribution < -0.4 is 4.74 Å². The molecule has 0 amide bonds. The molecule has 1 atom stereocenters. The van der Waals surface area contributed by atoms with Gasteiger partial charge in [0.1, 0.15) is 12.4 Å². The zero-order valence-corrected chi connectivity index (χ0v) is 18.8. The number of nitrogens with zero attached hydrogens (tertiary/aromatic N) is 1. The summed E-state index contributed by atoms with van der Waals surface area (Å²) in [5.74, 6) is 1.29. The van der Waals surface area contributed by atoms with Gasteiger partial charge in [0, 0.05) is 23.6 Å². The Morgan fingerprint density at radius 3 is 1.90 bits per heavy atom. The summed E-state index contributed by atoms with van der Waals surface area (Å²) in [7, 11) is 0. The fourth-order valence-corrected chi connectivity index (χ4v) is 4.21. The minimum atomic E-state index is 0.304. The normalized spacial score (nSPS) is 12.5. The highest BCUT2D eigenvalue weighted by molar-refractivity contribution is 5.42. The zero-order chi connectivity index (χ0) is 21.3. The van der Waals surface area contributed by atoms with Crippen LogP contribution >= 0.6 is 0 Å². The van der Waals surface area contributed by atoms with Gasteiger partial charge in [-0.05, 0) is 57.9 Å². The summed E-state index contributed by atoms with van der Waals surface area (Å²) in [6, 6.07) is 30.8. The fraction of sp³-hybridized carbons (Fsp3) is 0.357. The molecule has 30 heavy (non-hydrogen) atoms. The zero-order valence-electron chi connectivity index (χ0n) is 18.8. The molecule has 0 fully saturated rings. The third kappa shape index (κ3) is 5.96. The summed E-state index contributed by atoms with van der Waals surface area (Å²) >= 11 is 0. The van der Waals surface area contributed by atoms with Crippen LogP contribution in [0.2, 0.25) is 0 Å². The van der Waals surface area contributed by atoms with Crippen molar-refractivity contribution in [3.8, 4) is 5.75 Å². The monoisotopic (exact) mass is 401 g/mol. The van der Waals surface area contributed by atoms with Gasteiger partial charge in [-0.1, -0.05) is 78.9 Å². The molecule has 3 aromatic carbocycles. The van der Waals surface area contributed by atoms with Crippen LogP contribution in [0.5, 0.6) is 5.75 Å². The Morgan fingerprint density at radius 1 is 0.700 bits per heavy atom. The second-order valence-electron chi connectivity index (χ2n) is 8.49. The highest BCUT2D eigenvalue weighted by Gasteiger charge is 2.21. The molecule has 0 aliphatic rings. The molecule has 0 N–H and O–H groups in total. The fourth-order valence-electron chi connectivity index (χ4n) is 4.21. The Balaban J connectivity index is 1.86. The van der Waals surface area contributed by atoms with Crippen LogP contribution in [-0.2, 0) is 6.61 Å². The topological polar surface area (TPSA) is 12.5 Å². The van der Waals surface area contributed by atoms with Crippen molar-refractivity contribution in [1.29, 1.82) is 0 Å². The molecule has 0 radical (unpaired) electrons. The quantitative estimate of drug-likeness (QED) is 0.366. The predicted molar refractivity (Wildman–Crippen MR) is 127 cm³/mol. The van der Waals surface area contributed by atoms with Crippen molar-refractivity contribution in [3.63, 3.8) is 0 Å². The van der Waals surface area contributed by atoms with E-state index in [1.807, 2.05) is 6.07 Å². The molecule has 2 nitrogen and oxygen atoms in total. The van der Waals surface area contributed by atoms with Crippen molar-refractivity contribution in [1.82, 2.24) is 4.90 Å². The van der Waals surface area contributed by atoms with E-state index in [1.165, 1.54) is 16.7 Å². The van der Waals surface area contributed by atoms with Crippen molar-refractivity contribution in [2.45, 2.75) is 58.7 Å². The number of hydrogen-bond acceptors (Lipinski definition) is 2. The van der Waals surface area contributed by atoms with Gasteiger partial charge in [0.2, 0.25) is 0 Å². The van der Waals surface area contributed by atoms with Crippen LogP contribution in [0.4, 0.5) is 0 Å². The van der Waals surface area contributed by atoms with E-state index in [4.69, 9.17) is 4.74 Å². The van der Waals surface area contributed by atoms with Gasteiger partial charge in [-0.2, -0.15) is 0 Å². The third-order valence-corrected chi connectivity index (χ3v) is 5.74. The maximum atomic E-state index is 6.31. The van der Waals surface area contributed by atoms with E-state index in [9.17, 15) is 0 Å². The smallest absolute Gasteiger partial charge is 0.123 e. The van der Waals surface area contributed by atoms with Crippen molar-refractivity contribution in [2.75, 3.05) is 6.54 Å². The maximum absolute atomic E-state index is 6.31. The first-order valence-electron chi connectivity index (χ1n) is 11.1. The predicted octanol–water partition coefficient (Wildman–Crippen LogP) is 6.91. The summed E-state index contributed by atoms with van der Waals surface area (Å²) in [6.45, 7) is 10.8. The van der Waals surface area contributed by atoms with Crippen LogP contribution in [0, 0.1) is 0 Å². The molecule has 0 aliphatic heterocycles. The lowest BCUT2D eigenvalue weighted by atomic mass is 9.87. The van der Waals surface area contributed by atoms with Gasteiger partial charge < -0.3 is 4.74 Å². The van der Waals surface area contributed by atoms with Gasteiger partial charge in [-0.25, -0.2) is 0 Å². The Labute approximate surface area is 182 Å². The van der Waals surface area contributed by atoms with Gasteiger partial charge in [0.25, 0.3) is 0 Å². The van der Waals surface area contributed by atoms with Crippen LogP contribution in [0.1, 0.15) is 56.7 Å². The number of rotatable bonds is 10. The van der Waals surface area contributed by atoms with Crippen LogP contribution in [0.15, 0.2) is 84.9 Å². The van der Waals surface area contributed by atoms with Crippen LogP contribution in [0.3, 0.4) is 0 Å². The molecule has 158 valence electrons. The molecule has 3 aromatic rings. The molecule has 0 heterocycles. The van der Waals surface area contributed by atoms with Crippen molar-refractivity contribution < 1.29 is 4.74 Å². The van der Waals surface area contributed by atoms with Gasteiger partial charge in [0.05, 0.1) is 0 Å². The lowest BCUT2D eigenvalue weighted by molar-refractivity contribution is 0.170. The lowest BCUT2D eigenvalue weighted by Crippen LogP contribution is -2.38. The average Bonchev–Trinajstić information content (AvgIpc) is 2.76. The molecule has 0 aliphatic carbocycles. The van der Waals surface area contributed by atoms with Gasteiger partial charge in [0.15, 0.2) is 0 Å². The van der Waals surface area contributed by atoms with E-state index in [0.717, 1.165) is 18.7 Å². The first-order valence-corrected chi connectivity index (χ1v) is 11.1. The first-order chi connectivity index (χ1) is 14.6. The summed E-state index contributed by atoms with van der Waals surface area (Å²) in [4.78, 5) is 2.57. The molecule has 0 unspecified atom stereocenters. The van der Waals surface area contributed by atoms with E-state index >= 15 is 0 Å². The summed E-state index contributed by atoms with van der Waals surface area (Å²) in [5.41, 5.74) is 3.81. The standard InChI is InChI=1S/C28H35NO/c1-22(2)29(23(3)4)20-19-26(25-15-9-6-10-16-25)27-17-11-12-18-28(27)30-21-24-13-7-5-8-14-24/h5-18,22-23,26H,19-21H2,1-4H3/t26-/m1/s1. The van der Waals surface area contributed by atoms with Crippen LogP contribution in [0.25, 0.3) is 0 Å². The van der Waals surface area contributed by atoms with Crippen molar-refractivity contribution in [3.05, 3.63) is 102 Å². The molecule has 0 saturated carbocycles. The number of ether oxygens (including phenoxy) is 1. The Kier molecular flexibility index (Phi) is 8.10. The van der Waals surface area contributed by atoms with Crippen LogP contribution in [-0.4, -0.2) is 23.5 Å². The number of para-hydroxylation sites is 1. The molecule has 0 aromatic heterocycles. The van der Waals surface area contributed by atoms with E-state index in [1.54, 1.807) is 0 Å². The molecular weight excluding hydrogens is 366 g/mol.